The zero-order chi connectivity index (χ0) is 12.3. The lowest BCUT2D eigenvalue weighted by molar-refractivity contribution is -0.139. The maximum Gasteiger partial charge on any atom is 0.330 e. The van der Waals surface area contributed by atoms with Gasteiger partial charge in [0.2, 0.25) is 0 Å². The molecule has 0 spiro atoms. The Balaban J connectivity index is 0.00000289. The zero-order valence-electron chi connectivity index (χ0n) is 10.1. The number of esters is 1. The van der Waals surface area contributed by atoms with Crippen LogP contribution in [0.25, 0.3) is 6.08 Å². The lowest BCUT2D eigenvalue weighted by atomic mass is 10.2. The van der Waals surface area contributed by atoms with E-state index in [1.54, 1.807) is 6.08 Å². The van der Waals surface area contributed by atoms with Crippen LogP contribution in [0.2, 0.25) is 0 Å². The molecule has 2 N–H and O–H groups in total. The van der Waals surface area contributed by atoms with Crippen LogP contribution in [0.1, 0.15) is 5.56 Å². The van der Waals surface area contributed by atoms with Gasteiger partial charge in [0.15, 0.2) is 0 Å². The Labute approximate surface area is 113 Å². The molecule has 0 aliphatic carbocycles. The van der Waals surface area contributed by atoms with E-state index in [9.17, 15) is 4.79 Å². The van der Waals surface area contributed by atoms with E-state index in [4.69, 9.17) is 15.2 Å². The highest BCUT2D eigenvalue weighted by Crippen LogP contribution is 2.00. The fourth-order valence-electron chi connectivity index (χ4n) is 1.16. The number of benzene rings is 1. The molecule has 0 saturated carbocycles. The van der Waals surface area contributed by atoms with Crippen LogP contribution in [0.15, 0.2) is 36.4 Å². The molecule has 5 heteroatoms. The van der Waals surface area contributed by atoms with Crippen LogP contribution in [0, 0.1) is 0 Å². The number of nitrogens with two attached hydrogens (primary N) is 1. The molecule has 0 fully saturated rings. The summed E-state index contributed by atoms with van der Waals surface area (Å²) in [7, 11) is 0. The molecular formula is C13H18ClNO3. The van der Waals surface area contributed by atoms with Crippen LogP contribution in [-0.2, 0) is 14.3 Å². The number of carbonyl (C=O) groups is 1. The molecule has 0 atom stereocenters. The van der Waals surface area contributed by atoms with Crippen molar-refractivity contribution in [2.24, 2.45) is 5.73 Å². The van der Waals surface area contributed by atoms with E-state index in [0.717, 1.165) is 5.56 Å². The minimum atomic E-state index is -0.370. The second-order valence-corrected chi connectivity index (χ2v) is 3.31. The third-order valence-electron chi connectivity index (χ3n) is 1.95. The van der Waals surface area contributed by atoms with Gasteiger partial charge in [-0.3, -0.25) is 0 Å². The van der Waals surface area contributed by atoms with E-state index in [1.165, 1.54) is 6.08 Å². The van der Waals surface area contributed by atoms with Crippen molar-refractivity contribution in [3.8, 4) is 0 Å². The molecule has 0 aliphatic rings. The molecule has 4 nitrogen and oxygen atoms in total. The van der Waals surface area contributed by atoms with Gasteiger partial charge in [0.25, 0.3) is 0 Å². The third kappa shape index (κ3) is 7.84. The average molecular weight is 272 g/mol. The summed E-state index contributed by atoms with van der Waals surface area (Å²) in [4.78, 5) is 11.3. The fraction of sp³-hybridized carbons (Fsp3) is 0.308. The molecule has 0 aliphatic heterocycles. The highest BCUT2D eigenvalue weighted by atomic mass is 35.5. The van der Waals surface area contributed by atoms with Crippen molar-refractivity contribution in [1.82, 2.24) is 0 Å². The molecule has 0 amide bonds. The molecule has 0 radical (unpaired) electrons. The van der Waals surface area contributed by atoms with Crippen molar-refractivity contribution >= 4 is 24.5 Å². The van der Waals surface area contributed by atoms with Gasteiger partial charge in [-0.2, -0.15) is 0 Å². The maximum atomic E-state index is 11.3. The predicted molar refractivity (Wildman–Crippen MR) is 73.6 cm³/mol. The van der Waals surface area contributed by atoms with Gasteiger partial charge in [0.05, 0.1) is 13.2 Å². The minimum Gasteiger partial charge on any atom is -0.460 e. The van der Waals surface area contributed by atoms with Gasteiger partial charge in [-0.1, -0.05) is 30.3 Å². The Morgan fingerprint density at radius 1 is 1.17 bits per heavy atom. The Bertz CT molecular complexity index is 355. The third-order valence-corrected chi connectivity index (χ3v) is 1.95. The van der Waals surface area contributed by atoms with Crippen LogP contribution >= 0.6 is 12.4 Å². The predicted octanol–water partition coefficient (Wildman–Crippen LogP) is 1.64. The van der Waals surface area contributed by atoms with E-state index >= 15 is 0 Å². The van der Waals surface area contributed by atoms with Gasteiger partial charge in [-0.25, -0.2) is 4.79 Å². The number of rotatable bonds is 7. The van der Waals surface area contributed by atoms with Crippen molar-refractivity contribution in [2.75, 3.05) is 26.4 Å². The lowest BCUT2D eigenvalue weighted by Crippen LogP contribution is -2.13. The first kappa shape index (κ1) is 16.6. The smallest absolute Gasteiger partial charge is 0.330 e. The fourth-order valence-corrected chi connectivity index (χ4v) is 1.16. The van der Waals surface area contributed by atoms with Crippen LogP contribution in [0.4, 0.5) is 0 Å². The molecule has 0 saturated heterocycles. The molecule has 1 aromatic carbocycles. The molecule has 18 heavy (non-hydrogen) atoms. The molecule has 0 aromatic heterocycles. The molecule has 0 bridgehead atoms. The highest BCUT2D eigenvalue weighted by Gasteiger charge is 1.96. The summed E-state index contributed by atoms with van der Waals surface area (Å²) in [5, 5.41) is 0. The zero-order valence-corrected chi connectivity index (χ0v) is 10.9. The second kappa shape index (κ2) is 10.8. The summed E-state index contributed by atoms with van der Waals surface area (Å²) in [6.45, 7) is 1.58. The number of halogens is 1. The number of hydrogen-bond acceptors (Lipinski definition) is 4. The van der Waals surface area contributed by atoms with Crippen molar-refractivity contribution < 1.29 is 14.3 Å². The second-order valence-electron chi connectivity index (χ2n) is 3.31. The van der Waals surface area contributed by atoms with E-state index < -0.39 is 0 Å². The van der Waals surface area contributed by atoms with Crippen molar-refractivity contribution in [3.05, 3.63) is 42.0 Å². The minimum absolute atomic E-state index is 0. The Morgan fingerprint density at radius 3 is 2.56 bits per heavy atom. The maximum absolute atomic E-state index is 11.3. The Hall–Kier alpha value is -1.36. The van der Waals surface area contributed by atoms with Crippen molar-refractivity contribution in [3.63, 3.8) is 0 Å². The number of ether oxygens (including phenoxy) is 2. The molecule has 0 heterocycles. The summed E-state index contributed by atoms with van der Waals surface area (Å²) in [6, 6.07) is 9.56. The van der Waals surface area contributed by atoms with Crippen LogP contribution in [-0.4, -0.2) is 32.3 Å². The molecular weight excluding hydrogens is 254 g/mol. The van der Waals surface area contributed by atoms with Crippen molar-refractivity contribution in [1.29, 1.82) is 0 Å². The first-order valence-electron chi connectivity index (χ1n) is 5.50. The van der Waals surface area contributed by atoms with Gasteiger partial charge in [0.1, 0.15) is 6.61 Å². The van der Waals surface area contributed by atoms with Gasteiger partial charge < -0.3 is 15.2 Å². The van der Waals surface area contributed by atoms with Gasteiger partial charge in [-0.05, 0) is 11.6 Å². The van der Waals surface area contributed by atoms with E-state index in [-0.39, 0.29) is 25.0 Å². The van der Waals surface area contributed by atoms with E-state index in [1.807, 2.05) is 30.3 Å². The monoisotopic (exact) mass is 271 g/mol. The first-order valence-corrected chi connectivity index (χ1v) is 5.50. The SMILES string of the molecule is Cl.NCCOCCOC(=O)/C=C/c1ccccc1. The topological polar surface area (TPSA) is 61.6 Å². The van der Waals surface area contributed by atoms with E-state index in [2.05, 4.69) is 0 Å². The Kier molecular flexibility index (Phi) is 9.96. The summed E-state index contributed by atoms with van der Waals surface area (Å²) < 4.78 is 9.99. The number of carbonyl (C=O) groups excluding carboxylic acids is 1. The molecule has 1 aromatic rings. The summed E-state index contributed by atoms with van der Waals surface area (Å²) in [6.07, 6.45) is 3.11. The first-order chi connectivity index (χ1) is 8.33. The molecule has 100 valence electrons. The average Bonchev–Trinajstić information content (AvgIpc) is 2.37. The van der Waals surface area contributed by atoms with E-state index in [0.29, 0.717) is 19.8 Å². The lowest BCUT2D eigenvalue weighted by Gasteiger charge is -2.02. The highest BCUT2D eigenvalue weighted by molar-refractivity contribution is 5.87. The summed E-state index contributed by atoms with van der Waals surface area (Å²) in [5.74, 6) is -0.370. The largest absolute Gasteiger partial charge is 0.460 e. The van der Waals surface area contributed by atoms with Crippen LogP contribution < -0.4 is 5.73 Å². The molecule has 0 unspecified atom stereocenters. The van der Waals surface area contributed by atoms with Crippen LogP contribution in [0.5, 0.6) is 0 Å². The van der Waals surface area contributed by atoms with Crippen molar-refractivity contribution in [2.45, 2.75) is 0 Å². The summed E-state index contributed by atoms with van der Waals surface area (Å²) in [5.41, 5.74) is 6.20. The Morgan fingerprint density at radius 2 is 1.89 bits per heavy atom. The van der Waals surface area contributed by atoms with Gasteiger partial charge in [-0.15, -0.1) is 12.4 Å². The molecule has 1 rings (SSSR count). The van der Waals surface area contributed by atoms with Crippen LogP contribution in [0.3, 0.4) is 0 Å². The van der Waals surface area contributed by atoms with Gasteiger partial charge >= 0.3 is 5.97 Å². The summed E-state index contributed by atoms with van der Waals surface area (Å²) >= 11 is 0. The van der Waals surface area contributed by atoms with Gasteiger partial charge in [0, 0.05) is 12.6 Å². The number of hydrogen-bond donors (Lipinski definition) is 1. The quantitative estimate of drug-likeness (QED) is 0.465. The standard InChI is InChI=1S/C13H17NO3.ClH/c14-8-9-16-10-11-17-13(15)7-6-12-4-2-1-3-5-12;/h1-7H,8-11,14H2;1H/b7-6+;. The normalized spacial score (nSPS) is 10.1.